The molecule has 3 aromatic carbocycles. The van der Waals surface area contributed by atoms with E-state index in [0.717, 1.165) is 11.1 Å². The number of thiazole rings is 1. The van der Waals surface area contributed by atoms with Crippen LogP contribution >= 0.6 is 22.9 Å². The van der Waals surface area contributed by atoms with Crippen molar-refractivity contribution < 1.29 is 19.4 Å². The number of hydrogen-bond donors (Lipinski definition) is 1. The summed E-state index contributed by atoms with van der Waals surface area (Å²) in [6.45, 7) is 2.60. The van der Waals surface area contributed by atoms with E-state index in [0.29, 0.717) is 39.2 Å². The van der Waals surface area contributed by atoms with Crippen LogP contribution in [0.5, 0.6) is 5.75 Å². The average molecular weight is 505 g/mol. The molecule has 0 aliphatic carbocycles. The summed E-state index contributed by atoms with van der Waals surface area (Å²) >= 11 is 7.40. The smallest absolute Gasteiger partial charge is 0.301 e. The fraction of sp³-hybridized carbons (Fsp3) is 0.148. The van der Waals surface area contributed by atoms with Crippen LogP contribution in [0.2, 0.25) is 5.02 Å². The van der Waals surface area contributed by atoms with Crippen molar-refractivity contribution in [1.82, 2.24) is 4.98 Å². The SMILES string of the molecule is CCCOc1ccc(/C(O)=C2\C(=O)C(=O)N(c3nc4ccc(Cl)cc4s3)C2c2ccccc2)cc1. The number of hydrogen-bond acceptors (Lipinski definition) is 6. The van der Waals surface area contributed by atoms with E-state index in [-0.39, 0.29) is 11.3 Å². The van der Waals surface area contributed by atoms with Crippen molar-refractivity contribution in [3.63, 3.8) is 0 Å². The van der Waals surface area contributed by atoms with E-state index >= 15 is 0 Å². The topological polar surface area (TPSA) is 79.7 Å². The molecule has 0 spiro atoms. The van der Waals surface area contributed by atoms with Crippen LogP contribution in [-0.2, 0) is 9.59 Å². The molecule has 1 saturated heterocycles. The normalized spacial score (nSPS) is 17.3. The molecule has 1 aromatic heterocycles. The molecular formula is C27H21ClN2O4S. The van der Waals surface area contributed by atoms with Gasteiger partial charge in [-0.25, -0.2) is 4.98 Å². The van der Waals surface area contributed by atoms with Crippen molar-refractivity contribution in [2.24, 2.45) is 0 Å². The maximum absolute atomic E-state index is 13.3. The highest BCUT2D eigenvalue weighted by Crippen LogP contribution is 2.44. The molecule has 35 heavy (non-hydrogen) atoms. The fourth-order valence-electron chi connectivity index (χ4n) is 4.05. The Bertz CT molecular complexity index is 1450. The lowest BCUT2D eigenvalue weighted by Gasteiger charge is -2.22. The molecular weight excluding hydrogens is 484 g/mol. The minimum atomic E-state index is -0.830. The van der Waals surface area contributed by atoms with Crippen LogP contribution in [0.1, 0.15) is 30.5 Å². The molecule has 1 aliphatic rings. The van der Waals surface area contributed by atoms with Gasteiger partial charge < -0.3 is 9.84 Å². The van der Waals surface area contributed by atoms with Gasteiger partial charge in [0.15, 0.2) is 5.13 Å². The predicted octanol–water partition coefficient (Wildman–Crippen LogP) is 6.36. The lowest BCUT2D eigenvalue weighted by molar-refractivity contribution is -0.132. The number of Topliss-reactive ketones (excluding diaryl/α,β-unsaturated/α-hetero) is 1. The van der Waals surface area contributed by atoms with Gasteiger partial charge in [-0.3, -0.25) is 14.5 Å². The van der Waals surface area contributed by atoms with Gasteiger partial charge in [-0.1, -0.05) is 60.2 Å². The van der Waals surface area contributed by atoms with Crippen LogP contribution in [0, 0.1) is 0 Å². The van der Waals surface area contributed by atoms with Crippen LogP contribution in [0.3, 0.4) is 0 Å². The van der Waals surface area contributed by atoms with Crippen molar-refractivity contribution in [3.05, 3.63) is 94.5 Å². The van der Waals surface area contributed by atoms with E-state index in [1.165, 1.54) is 16.2 Å². The zero-order valence-corrected chi connectivity index (χ0v) is 20.3. The molecule has 1 unspecified atom stereocenters. The first-order valence-electron chi connectivity index (χ1n) is 11.1. The molecule has 0 bridgehead atoms. The van der Waals surface area contributed by atoms with Gasteiger partial charge in [-0.15, -0.1) is 0 Å². The molecule has 4 aromatic rings. The van der Waals surface area contributed by atoms with Gasteiger partial charge in [-0.2, -0.15) is 0 Å². The Kier molecular flexibility index (Phi) is 6.28. The Morgan fingerprint density at radius 2 is 1.83 bits per heavy atom. The van der Waals surface area contributed by atoms with Crippen molar-refractivity contribution in [1.29, 1.82) is 0 Å². The number of aromatic nitrogens is 1. The largest absolute Gasteiger partial charge is 0.507 e. The highest BCUT2D eigenvalue weighted by molar-refractivity contribution is 7.22. The maximum atomic E-state index is 13.3. The number of benzene rings is 3. The molecule has 176 valence electrons. The monoisotopic (exact) mass is 504 g/mol. The number of fused-ring (bicyclic) bond motifs is 1. The van der Waals surface area contributed by atoms with Gasteiger partial charge in [-0.05, 0) is 54.4 Å². The van der Waals surface area contributed by atoms with Gasteiger partial charge in [0.2, 0.25) is 0 Å². The summed E-state index contributed by atoms with van der Waals surface area (Å²) < 4.78 is 6.41. The number of ketones is 1. The molecule has 1 atom stereocenters. The summed E-state index contributed by atoms with van der Waals surface area (Å²) in [5, 5.41) is 12.2. The summed E-state index contributed by atoms with van der Waals surface area (Å²) in [4.78, 5) is 32.5. The Labute approximate surface area is 211 Å². The Hall–Kier alpha value is -3.68. The second-order valence-electron chi connectivity index (χ2n) is 8.06. The van der Waals surface area contributed by atoms with Gasteiger partial charge in [0.05, 0.1) is 28.4 Å². The van der Waals surface area contributed by atoms with E-state index in [1.54, 1.807) is 42.5 Å². The van der Waals surface area contributed by atoms with E-state index in [9.17, 15) is 14.7 Å². The number of amides is 1. The maximum Gasteiger partial charge on any atom is 0.301 e. The first kappa shape index (κ1) is 23.1. The molecule has 1 amide bonds. The molecule has 2 heterocycles. The van der Waals surface area contributed by atoms with Crippen molar-refractivity contribution in [2.75, 3.05) is 11.5 Å². The number of ether oxygens (including phenoxy) is 1. The van der Waals surface area contributed by atoms with Crippen LogP contribution in [0.25, 0.3) is 16.0 Å². The molecule has 1 fully saturated rings. The third kappa shape index (κ3) is 4.29. The average Bonchev–Trinajstić information content (AvgIpc) is 3.40. The lowest BCUT2D eigenvalue weighted by atomic mass is 9.95. The third-order valence-corrected chi connectivity index (χ3v) is 6.96. The molecule has 1 N–H and O–H groups in total. The summed E-state index contributed by atoms with van der Waals surface area (Å²) in [6, 6.07) is 20.4. The summed E-state index contributed by atoms with van der Waals surface area (Å²) in [7, 11) is 0. The van der Waals surface area contributed by atoms with Gasteiger partial charge in [0.25, 0.3) is 5.78 Å². The molecule has 8 heteroatoms. The Morgan fingerprint density at radius 1 is 1.09 bits per heavy atom. The molecule has 1 aliphatic heterocycles. The first-order chi connectivity index (χ1) is 17.0. The summed E-state index contributed by atoms with van der Waals surface area (Å²) in [6.07, 6.45) is 0.875. The lowest BCUT2D eigenvalue weighted by Crippen LogP contribution is -2.29. The molecule has 5 rings (SSSR count). The van der Waals surface area contributed by atoms with Gasteiger partial charge in [0.1, 0.15) is 11.5 Å². The number of carbonyl (C=O) groups is 2. The zero-order valence-electron chi connectivity index (χ0n) is 18.8. The Balaban J connectivity index is 1.64. The number of aliphatic hydroxyl groups excluding tert-OH is 1. The minimum Gasteiger partial charge on any atom is -0.507 e. The number of carbonyl (C=O) groups excluding carboxylic acids is 2. The minimum absolute atomic E-state index is 0.0146. The summed E-state index contributed by atoms with van der Waals surface area (Å²) in [5.41, 5.74) is 1.80. The van der Waals surface area contributed by atoms with Gasteiger partial charge in [0, 0.05) is 10.6 Å². The van der Waals surface area contributed by atoms with Crippen LogP contribution in [-0.4, -0.2) is 28.4 Å². The third-order valence-electron chi connectivity index (χ3n) is 5.71. The van der Waals surface area contributed by atoms with Crippen LogP contribution in [0.15, 0.2) is 78.4 Å². The highest BCUT2D eigenvalue weighted by atomic mass is 35.5. The van der Waals surface area contributed by atoms with Crippen LogP contribution in [0.4, 0.5) is 5.13 Å². The van der Waals surface area contributed by atoms with Crippen molar-refractivity contribution in [2.45, 2.75) is 19.4 Å². The zero-order chi connectivity index (χ0) is 24.5. The highest BCUT2D eigenvalue weighted by Gasteiger charge is 2.48. The number of anilines is 1. The van der Waals surface area contributed by atoms with E-state index in [1.807, 2.05) is 37.3 Å². The summed E-state index contributed by atoms with van der Waals surface area (Å²) in [5.74, 6) is -1.09. The van der Waals surface area contributed by atoms with E-state index in [4.69, 9.17) is 16.3 Å². The van der Waals surface area contributed by atoms with Crippen molar-refractivity contribution in [3.8, 4) is 5.75 Å². The number of halogens is 1. The van der Waals surface area contributed by atoms with Crippen LogP contribution < -0.4 is 9.64 Å². The number of aliphatic hydroxyl groups is 1. The predicted molar refractivity (Wildman–Crippen MR) is 138 cm³/mol. The molecule has 6 nitrogen and oxygen atoms in total. The second kappa shape index (κ2) is 9.52. The van der Waals surface area contributed by atoms with E-state index < -0.39 is 17.7 Å². The fourth-order valence-corrected chi connectivity index (χ4v) is 5.32. The quantitative estimate of drug-likeness (QED) is 0.187. The molecule has 0 radical (unpaired) electrons. The number of nitrogens with zero attached hydrogens (tertiary/aromatic N) is 2. The second-order valence-corrected chi connectivity index (χ2v) is 9.51. The van der Waals surface area contributed by atoms with E-state index in [2.05, 4.69) is 4.98 Å². The van der Waals surface area contributed by atoms with Crippen molar-refractivity contribution >= 4 is 55.7 Å². The molecule has 0 saturated carbocycles. The van der Waals surface area contributed by atoms with Gasteiger partial charge >= 0.3 is 5.91 Å². The number of rotatable bonds is 6. The Morgan fingerprint density at radius 3 is 2.54 bits per heavy atom. The standard InChI is InChI=1S/C27H21ClN2O4S/c1-2-14-34-19-11-8-17(9-12-19)24(31)22-23(16-6-4-3-5-7-16)30(26(33)25(22)32)27-29-20-13-10-18(28)15-21(20)35-27/h3-13,15,23,31H,2,14H2,1H3/b24-22+. The first-order valence-corrected chi connectivity index (χ1v) is 12.3.